The van der Waals surface area contributed by atoms with Gasteiger partial charge in [-0.25, -0.2) is 9.98 Å². The van der Waals surface area contributed by atoms with Crippen LogP contribution in [0.4, 0.5) is 16.4 Å². The molecule has 0 radical (unpaired) electrons. The van der Waals surface area contributed by atoms with E-state index >= 15 is 0 Å². The van der Waals surface area contributed by atoms with E-state index in [0.29, 0.717) is 12.0 Å². The normalized spacial score (nSPS) is 21.2. The van der Waals surface area contributed by atoms with Crippen LogP contribution in [0.5, 0.6) is 0 Å². The molecule has 1 aromatic carbocycles. The minimum atomic E-state index is 0.306. The van der Waals surface area contributed by atoms with Gasteiger partial charge < -0.3 is 15.0 Å². The highest BCUT2D eigenvalue weighted by Crippen LogP contribution is 2.37. The number of nitrogens with one attached hydrogen (secondary N) is 1. The van der Waals surface area contributed by atoms with Gasteiger partial charge in [-0.15, -0.1) is 11.3 Å². The molecule has 0 bridgehead atoms. The van der Waals surface area contributed by atoms with Crippen LogP contribution in [0.25, 0.3) is 0 Å². The van der Waals surface area contributed by atoms with E-state index < -0.39 is 0 Å². The highest BCUT2D eigenvalue weighted by molar-refractivity contribution is 7.14. The second-order valence-electron chi connectivity index (χ2n) is 7.75. The fourth-order valence-corrected chi connectivity index (χ4v) is 4.76. The number of piperazine rings is 1. The molecule has 2 aromatic rings. The van der Waals surface area contributed by atoms with Gasteiger partial charge in [-0.2, -0.15) is 0 Å². The molecule has 150 valence electrons. The van der Waals surface area contributed by atoms with Crippen LogP contribution in [0.2, 0.25) is 0 Å². The lowest BCUT2D eigenvalue weighted by molar-refractivity contribution is 0.0673. The van der Waals surface area contributed by atoms with Gasteiger partial charge in [-0.1, -0.05) is 19.1 Å². The molecule has 6 nitrogen and oxygen atoms in total. The minimum Gasteiger partial charge on any atom is -0.385 e. The second-order valence-corrected chi connectivity index (χ2v) is 8.60. The van der Waals surface area contributed by atoms with Crippen LogP contribution in [0.1, 0.15) is 19.0 Å². The van der Waals surface area contributed by atoms with Crippen molar-refractivity contribution >= 4 is 33.4 Å². The highest BCUT2D eigenvalue weighted by Gasteiger charge is 2.28. The van der Waals surface area contributed by atoms with E-state index in [4.69, 9.17) is 9.73 Å². The molecule has 1 unspecified atom stereocenters. The topological polar surface area (TPSA) is 53.0 Å². The summed E-state index contributed by atoms with van der Waals surface area (Å²) in [6, 6.07) is 8.79. The molecule has 28 heavy (non-hydrogen) atoms. The Morgan fingerprint density at radius 3 is 3.04 bits per heavy atom. The van der Waals surface area contributed by atoms with Crippen molar-refractivity contribution in [2.24, 2.45) is 10.9 Å². The molecule has 2 aliphatic rings. The molecule has 0 saturated carbocycles. The standard InChI is InChI=1S/C21H29N5OS/c1-15(12-26-10-9-25(2)16(13-26)8-11-27-3)19-20-21(28-14-22-20)24-18-7-5-4-6-17(18)23-19/h4-7,14-16,24H,8-13H2,1-3H3/t15?,16-/m0/s1. The van der Waals surface area contributed by atoms with Gasteiger partial charge in [0.05, 0.1) is 22.6 Å². The number of fused-ring (bicyclic) bond motifs is 2. The summed E-state index contributed by atoms with van der Waals surface area (Å²) in [5, 5.41) is 4.60. The van der Waals surface area contributed by atoms with Crippen molar-refractivity contribution < 1.29 is 4.74 Å². The summed E-state index contributed by atoms with van der Waals surface area (Å²) in [5.41, 5.74) is 6.03. The van der Waals surface area contributed by atoms with Crippen molar-refractivity contribution in [3.8, 4) is 0 Å². The first-order valence-electron chi connectivity index (χ1n) is 9.95. The van der Waals surface area contributed by atoms with Crippen molar-refractivity contribution in [3.05, 3.63) is 35.5 Å². The Morgan fingerprint density at radius 2 is 2.18 bits per heavy atom. The van der Waals surface area contributed by atoms with E-state index in [1.54, 1.807) is 18.4 Å². The highest BCUT2D eigenvalue weighted by atomic mass is 32.1. The fourth-order valence-electron chi connectivity index (χ4n) is 4.06. The van der Waals surface area contributed by atoms with Crippen LogP contribution in [-0.4, -0.2) is 73.5 Å². The molecule has 0 spiro atoms. The van der Waals surface area contributed by atoms with E-state index in [2.05, 4.69) is 46.2 Å². The maximum absolute atomic E-state index is 5.30. The van der Waals surface area contributed by atoms with Gasteiger partial charge in [0.25, 0.3) is 0 Å². The summed E-state index contributed by atoms with van der Waals surface area (Å²) in [6.45, 7) is 7.36. The second kappa shape index (κ2) is 8.69. The van der Waals surface area contributed by atoms with Crippen molar-refractivity contribution in [2.45, 2.75) is 19.4 Å². The molecule has 1 saturated heterocycles. The number of ether oxygens (including phenoxy) is 1. The molecule has 3 heterocycles. The molecule has 0 amide bonds. The third kappa shape index (κ3) is 4.12. The van der Waals surface area contributed by atoms with E-state index in [9.17, 15) is 0 Å². The molecule has 2 aliphatic heterocycles. The number of benzene rings is 1. The first kappa shape index (κ1) is 19.5. The van der Waals surface area contributed by atoms with Gasteiger partial charge >= 0.3 is 0 Å². The molecule has 4 rings (SSSR count). The Balaban J connectivity index is 1.53. The number of thiazole rings is 1. The Kier molecular flexibility index (Phi) is 6.06. The number of methoxy groups -OCH3 is 1. The van der Waals surface area contributed by atoms with E-state index in [-0.39, 0.29) is 0 Å². The SMILES string of the molecule is COCC[C@H]1CN(CC(C)C2=Nc3ccccc3Nc3scnc32)CCN1C. The summed E-state index contributed by atoms with van der Waals surface area (Å²) >= 11 is 1.64. The third-order valence-corrected chi connectivity index (χ3v) is 6.46. The summed E-state index contributed by atoms with van der Waals surface area (Å²) in [7, 11) is 4.00. The summed E-state index contributed by atoms with van der Waals surface area (Å²) in [5.74, 6) is 0.306. The molecule has 1 aromatic heterocycles. The van der Waals surface area contributed by atoms with Crippen LogP contribution >= 0.6 is 11.3 Å². The lowest BCUT2D eigenvalue weighted by Crippen LogP contribution is -2.53. The number of hydrogen-bond acceptors (Lipinski definition) is 7. The maximum atomic E-state index is 5.30. The van der Waals surface area contributed by atoms with Crippen LogP contribution in [0.15, 0.2) is 34.8 Å². The van der Waals surface area contributed by atoms with Gasteiger partial charge in [-0.3, -0.25) is 4.90 Å². The third-order valence-electron chi connectivity index (χ3n) is 5.72. The zero-order valence-corrected chi connectivity index (χ0v) is 17.7. The minimum absolute atomic E-state index is 0.306. The largest absolute Gasteiger partial charge is 0.385 e. The van der Waals surface area contributed by atoms with Gasteiger partial charge in [0.15, 0.2) is 0 Å². The van der Waals surface area contributed by atoms with Crippen LogP contribution in [0.3, 0.4) is 0 Å². The number of aromatic nitrogens is 1. The average Bonchev–Trinajstić information content (AvgIpc) is 3.09. The average molecular weight is 400 g/mol. The van der Waals surface area contributed by atoms with Crippen molar-refractivity contribution in [3.63, 3.8) is 0 Å². The number of hydrogen-bond donors (Lipinski definition) is 1. The Hall–Kier alpha value is -1.80. The molecule has 0 aliphatic carbocycles. The molecule has 1 N–H and O–H groups in total. The summed E-state index contributed by atoms with van der Waals surface area (Å²) in [4.78, 5) is 14.7. The Labute approximate surface area is 171 Å². The first-order valence-corrected chi connectivity index (χ1v) is 10.8. The van der Waals surface area contributed by atoms with E-state index in [1.807, 2.05) is 17.6 Å². The zero-order valence-electron chi connectivity index (χ0n) is 16.9. The number of anilines is 2. The lowest BCUT2D eigenvalue weighted by atomic mass is 10.0. The predicted octanol–water partition coefficient (Wildman–Crippen LogP) is 3.61. The Bertz CT molecular complexity index is 836. The van der Waals surface area contributed by atoms with Crippen molar-refractivity contribution in [2.75, 3.05) is 52.3 Å². The predicted molar refractivity (Wildman–Crippen MR) is 117 cm³/mol. The van der Waals surface area contributed by atoms with Crippen LogP contribution in [-0.2, 0) is 4.74 Å². The van der Waals surface area contributed by atoms with Gasteiger partial charge in [0.1, 0.15) is 10.7 Å². The number of nitrogens with zero attached hydrogens (tertiary/aromatic N) is 4. The smallest absolute Gasteiger partial charge is 0.122 e. The van der Waals surface area contributed by atoms with Crippen LogP contribution < -0.4 is 5.32 Å². The monoisotopic (exact) mass is 399 g/mol. The molecule has 2 atom stereocenters. The molecule has 7 heteroatoms. The lowest BCUT2D eigenvalue weighted by Gasteiger charge is -2.40. The van der Waals surface area contributed by atoms with E-state index in [0.717, 1.165) is 67.0 Å². The molecular weight excluding hydrogens is 370 g/mol. The number of likely N-dealkylation sites (N-methyl/N-ethyl adjacent to an activating group) is 1. The number of rotatable bonds is 6. The van der Waals surface area contributed by atoms with E-state index in [1.165, 1.54) is 0 Å². The molecule has 1 fully saturated rings. The first-order chi connectivity index (χ1) is 13.7. The number of aliphatic imine (C=N–C) groups is 1. The fraction of sp³-hybridized carbons (Fsp3) is 0.524. The Morgan fingerprint density at radius 1 is 1.32 bits per heavy atom. The summed E-state index contributed by atoms with van der Waals surface area (Å²) < 4.78 is 5.30. The van der Waals surface area contributed by atoms with Crippen LogP contribution in [0, 0.1) is 5.92 Å². The van der Waals surface area contributed by atoms with Gasteiger partial charge in [0.2, 0.25) is 0 Å². The van der Waals surface area contributed by atoms with Crippen molar-refractivity contribution in [1.29, 1.82) is 0 Å². The van der Waals surface area contributed by atoms with Crippen molar-refractivity contribution in [1.82, 2.24) is 14.8 Å². The van der Waals surface area contributed by atoms with Gasteiger partial charge in [0, 0.05) is 51.9 Å². The quantitative estimate of drug-likeness (QED) is 0.804. The summed E-state index contributed by atoms with van der Waals surface area (Å²) in [6.07, 6.45) is 1.08. The molecular formula is C21H29N5OS. The maximum Gasteiger partial charge on any atom is 0.122 e. The number of para-hydroxylation sites is 2. The zero-order chi connectivity index (χ0) is 19.5. The van der Waals surface area contributed by atoms with Gasteiger partial charge in [-0.05, 0) is 25.6 Å².